The molecule has 1 rings (SSSR count). The average molecular weight is 210 g/mol. The van der Waals surface area contributed by atoms with Crippen LogP contribution in [0, 0.1) is 19.2 Å². The molecule has 4 heteroatoms. The molecule has 1 radical (unpaired) electrons. The van der Waals surface area contributed by atoms with E-state index in [1.807, 2.05) is 6.92 Å². The molecule has 1 aromatic rings. The van der Waals surface area contributed by atoms with Gasteiger partial charge in [0.25, 0.3) is 0 Å². The largest absolute Gasteiger partial charge is 0.586 e. The van der Waals surface area contributed by atoms with Crippen LogP contribution < -0.4 is 0 Å². The molecule has 10 heavy (non-hydrogen) atoms. The zero-order valence-electron chi connectivity index (χ0n) is 6.00. The first kappa shape index (κ1) is 9.98. The van der Waals surface area contributed by atoms with Gasteiger partial charge in [0.2, 0.25) is 0 Å². The fourth-order valence-electron chi connectivity index (χ4n) is 0.506. The standard InChI is InChI=1S/C6H7N3.Y/c1-3-4-9-5-6(2)7-8-9;/h4H,1-2H3;/q-2;. The van der Waals surface area contributed by atoms with Gasteiger partial charge in [0.15, 0.2) is 0 Å². The Bertz CT molecular complexity index is 217. The number of rotatable bonds is 1. The first-order valence-corrected chi connectivity index (χ1v) is 2.64. The zero-order chi connectivity index (χ0) is 6.69. The van der Waals surface area contributed by atoms with Gasteiger partial charge in [0.05, 0.1) is 0 Å². The third kappa shape index (κ3) is 2.71. The summed E-state index contributed by atoms with van der Waals surface area (Å²) in [5, 5.41) is 7.42. The molecule has 0 bridgehead atoms. The first-order chi connectivity index (χ1) is 4.33. The molecule has 0 unspecified atom stereocenters. The number of allylic oxidation sites excluding steroid dienone is 1. The van der Waals surface area contributed by atoms with Crippen molar-refractivity contribution in [1.29, 1.82) is 0 Å². The molecule has 0 fully saturated rings. The molecule has 51 valence electrons. The van der Waals surface area contributed by atoms with Gasteiger partial charge < -0.3 is 17.0 Å². The third-order valence-electron chi connectivity index (χ3n) is 0.819. The molecule has 0 aliphatic carbocycles. The Kier molecular flexibility index (Phi) is 4.74. The molecule has 0 saturated heterocycles. The minimum atomic E-state index is 0. The summed E-state index contributed by atoms with van der Waals surface area (Å²) in [5.41, 5.74) is 0.793. The Morgan fingerprint density at radius 2 is 2.40 bits per heavy atom. The first-order valence-electron chi connectivity index (χ1n) is 2.64. The van der Waals surface area contributed by atoms with Crippen molar-refractivity contribution in [2.24, 2.45) is 0 Å². The molecular weight excluding hydrogens is 203 g/mol. The minimum absolute atomic E-state index is 0. The summed E-state index contributed by atoms with van der Waals surface area (Å²) < 4.78 is 1.50. The Balaban J connectivity index is 0.000000810. The summed E-state index contributed by atoms with van der Waals surface area (Å²) in [6, 6.07) is 0. The van der Waals surface area contributed by atoms with E-state index < -0.39 is 0 Å². The number of hydrogen-bond donors (Lipinski definition) is 0. The predicted octanol–water partition coefficient (Wildman–Crippen LogP) is 0.678. The quantitative estimate of drug-likeness (QED) is 0.638. The van der Waals surface area contributed by atoms with Crippen LogP contribution in [0.3, 0.4) is 0 Å². The van der Waals surface area contributed by atoms with Gasteiger partial charge in [0, 0.05) is 32.7 Å². The average Bonchev–Trinajstić information content (AvgIpc) is 2.17. The summed E-state index contributed by atoms with van der Waals surface area (Å²) >= 11 is 0. The van der Waals surface area contributed by atoms with Crippen LogP contribution in [0.5, 0.6) is 0 Å². The fourth-order valence-corrected chi connectivity index (χ4v) is 0.506. The van der Waals surface area contributed by atoms with Gasteiger partial charge in [-0.2, -0.15) is 5.10 Å². The van der Waals surface area contributed by atoms with Crippen molar-refractivity contribution < 1.29 is 32.7 Å². The van der Waals surface area contributed by atoms with Gasteiger partial charge in [-0.1, -0.05) is 0 Å². The van der Waals surface area contributed by atoms with E-state index in [4.69, 9.17) is 0 Å². The summed E-state index contributed by atoms with van der Waals surface area (Å²) in [5.74, 6) is 0. The van der Waals surface area contributed by atoms with Crippen molar-refractivity contribution in [2.45, 2.75) is 13.8 Å². The topological polar surface area (TPSA) is 30.7 Å². The number of hydrogen-bond acceptors (Lipinski definition) is 2. The van der Waals surface area contributed by atoms with Crippen LogP contribution in [0.4, 0.5) is 0 Å². The second kappa shape index (κ2) is 4.75. The summed E-state index contributed by atoms with van der Waals surface area (Å²) in [6.07, 6.45) is 7.32. The Morgan fingerprint density at radius 3 is 2.80 bits per heavy atom. The number of aryl methyl sites for hydroxylation is 1. The summed E-state index contributed by atoms with van der Waals surface area (Å²) in [4.78, 5) is 0. The minimum Gasteiger partial charge on any atom is -0.586 e. The second-order valence-electron chi connectivity index (χ2n) is 1.65. The molecule has 0 N–H and O–H groups in total. The molecule has 1 heterocycles. The van der Waals surface area contributed by atoms with Crippen molar-refractivity contribution in [3.05, 3.63) is 18.0 Å². The van der Waals surface area contributed by atoms with Gasteiger partial charge in [0.1, 0.15) is 0 Å². The van der Waals surface area contributed by atoms with Crippen molar-refractivity contribution >= 4 is 6.20 Å². The molecule has 3 nitrogen and oxygen atoms in total. The van der Waals surface area contributed by atoms with Gasteiger partial charge in [-0.15, -0.1) is 11.4 Å². The zero-order valence-corrected chi connectivity index (χ0v) is 8.83. The molecule has 0 aliphatic heterocycles. The van der Waals surface area contributed by atoms with E-state index >= 15 is 0 Å². The summed E-state index contributed by atoms with van der Waals surface area (Å²) in [7, 11) is 0. The van der Waals surface area contributed by atoms with Crippen LogP contribution in [-0.2, 0) is 32.7 Å². The maximum absolute atomic E-state index is 3.72. The van der Waals surface area contributed by atoms with Crippen molar-refractivity contribution in [1.82, 2.24) is 15.0 Å². The third-order valence-corrected chi connectivity index (χ3v) is 0.819. The maximum Gasteiger partial charge on any atom is 0 e. The Labute approximate surface area is 85.4 Å². The molecule has 0 spiro atoms. The summed E-state index contributed by atoms with van der Waals surface area (Å²) in [6.45, 7) is 3.64. The SMILES string of the molecule is C[C-]=Cn1[c-]c(C)nn1.[Y]. The van der Waals surface area contributed by atoms with Gasteiger partial charge in [-0.25, -0.2) is 6.92 Å². The van der Waals surface area contributed by atoms with Crippen molar-refractivity contribution in [3.8, 4) is 0 Å². The van der Waals surface area contributed by atoms with Crippen LogP contribution in [0.2, 0.25) is 0 Å². The van der Waals surface area contributed by atoms with E-state index in [0.29, 0.717) is 0 Å². The smallest absolute Gasteiger partial charge is 0 e. The Morgan fingerprint density at radius 1 is 1.70 bits per heavy atom. The predicted molar refractivity (Wildman–Crippen MR) is 33.3 cm³/mol. The van der Waals surface area contributed by atoms with Crippen LogP contribution in [0.25, 0.3) is 6.20 Å². The molecule has 1 aromatic heterocycles. The number of nitrogens with zero attached hydrogens (tertiary/aromatic N) is 3. The van der Waals surface area contributed by atoms with E-state index in [0.717, 1.165) is 5.69 Å². The molecule has 0 amide bonds. The van der Waals surface area contributed by atoms with Gasteiger partial charge in [-0.3, -0.25) is 0 Å². The van der Waals surface area contributed by atoms with Crippen LogP contribution in [0.1, 0.15) is 12.6 Å². The van der Waals surface area contributed by atoms with Crippen molar-refractivity contribution in [2.75, 3.05) is 0 Å². The van der Waals surface area contributed by atoms with E-state index in [-0.39, 0.29) is 32.7 Å². The maximum atomic E-state index is 3.72. The van der Waals surface area contributed by atoms with Crippen LogP contribution >= 0.6 is 0 Å². The van der Waals surface area contributed by atoms with E-state index in [2.05, 4.69) is 22.6 Å². The van der Waals surface area contributed by atoms with Crippen LogP contribution in [0.15, 0.2) is 0 Å². The fraction of sp³-hybridized carbons (Fsp3) is 0.333. The Hall–Kier alpha value is -0.0161. The molecule has 0 saturated carbocycles. The molecule has 0 aliphatic rings. The van der Waals surface area contributed by atoms with E-state index in [1.54, 1.807) is 13.1 Å². The van der Waals surface area contributed by atoms with Gasteiger partial charge in [-0.05, 0) is 12.6 Å². The van der Waals surface area contributed by atoms with Gasteiger partial charge >= 0.3 is 0 Å². The molecular formula is C6H7N3Y-2. The van der Waals surface area contributed by atoms with E-state index in [9.17, 15) is 0 Å². The second-order valence-corrected chi connectivity index (χ2v) is 1.65. The number of aromatic nitrogens is 3. The van der Waals surface area contributed by atoms with E-state index in [1.165, 1.54) is 4.68 Å². The van der Waals surface area contributed by atoms with Crippen LogP contribution in [-0.4, -0.2) is 15.0 Å². The monoisotopic (exact) mass is 210 g/mol. The molecule has 0 atom stereocenters. The normalized spacial score (nSPS) is 9.80. The van der Waals surface area contributed by atoms with Crippen molar-refractivity contribution in [3.63, 3.8) is 0 Å². The molecule has 0 aromatic carbocycles.